The van der Waals surface area contributed by atoms with Crippen LogP contribution in [0.15, 0.2) is 91.1 Å². The Labute approximate surface area is 250 Å². The number of anilines is 2. The fourth-order valence-corrected chi connectivity index (χ4v) is 6.53. The van der Waals surface area contributed by atoms with Crippen LogP contribution in [0.1, 0.15) is 44.6 Å². The fraction of sp³-hybridized carbons (Fsp3) is 0.257. The lowest BCUT2D eigenvalue weighted by Gasteiger charge is -2.32. The molecular weight excluding hydrogens is 538 g/mol. The average Bonchev–Trinajstić information content (AvgIpc) is 3.52. The van der Waals surface area contributed by atoms with Crippen molar-refractivity contribution in [1.82, 2.24) is 14.8 Å². The van der Waals surface area contributed by atoms with Crippen molar-refractivity contribution in [3.05, 3.63) is 125 Å². The normalized spacial score (nSPS) is 18.5. The minimum absolute atomic E-state index is 0.0348. The molecule has 0 bridgehead atoms. The third-order valence-corrected chi connectivity index (χ3v) is 8.93. The highest BCUT2D eigenvalue weighted by molar-refractivity contribution is 6.06. The van der Waals surface area contributed by atoms with Crippen LogP contribution in [0, 0.1) is 0 Å². The van der Waals surface area contributed by atoms with Gasteiger partial charge in [0.2, 0.25) is 11.8 Å². The summed E-state index contributed by atoms with van der Waals surface area (Å²) in [5.41, 5.74) is 5.78. The summed E-state index contributed by atoms with van der Waals surface area (Å²) in [5.74, 6) is 0.131. The quantitative estimate of drug-likeness (QED) is 0.324. The van der Waals surface area contributed by atoms with Crippen LogP contribution in [-0.2, 0) is 40.9 Å². The molecule has 3 aromatic carbocycles. The highest BCUT2D eigenvalue weighted by Crippen LogP contribution is 2.46. The summed E-state index contributed by atoms with van der Waals surface area (Å²) in [5, 5.41) is 5.95. The van der Waals surface area contributed by atoms with Gasteiger partial charge < -0.3 is 15.5 Å². The predicted octanol–water partition coefficient (Wildman–Crippen LogP) is 4.56. The number of fused-ring (bicyclic) bond motifs is 3. The molecule has 2 N–H and O–H groups in total. The summed E-state index contributed by atoms with van der Waals surface area (Å²) in [7, 11) is 0. The summed E-state index contributed by atoms with van der Waals surface area (Å²) >= 11 is 0. The van der Waals surface area contributed by atoms with Gasteiger partial charge >= 0.3 is 0 Å². The predicted molar refractivity (Wildman–Crippen MR) is 165 cm³/mol. The van der Waals surface area contributed by atoms with E-state index in [1.54, 1.807) is 23.2 Å². The van der Waals surface area contributed by atoms with Crippen LogP contribution in [0.25, 0.3) is 0 Å². The molecule has 1 spiro atoms. The zero-order chi connectivity index (χ0) is 29.4. The second-order valence-corrected chi connectivity index (χ2v) is 11.7. The second-order valence-electron chi connectivity index (χ2n) is 11.7. The molecule has 1 unspecified atom stereocenters. The van der Waals surface area contributed by atoms with E-state index in [9.17, 15) is 14.4 Å². The van der Waals surface area contributed by atoms with Crippen LogP contribution < -0.4 is 10.6 Å². The van der Waals surface area contributed by atoms with Gasteiger partial charge in [-0.25, -0.2) is 4.98 Å². The molecule has 8 heteroatoms. The van der Waals surface area contributed by atoms with E-state index in [0.29, 0.717) is 36.5 Å². The van der Waals surface area contributed by atoms with E-state index in [-0.39, 0.29) is 24.3 Å². The molecule has 0 radical (unpaired) electrons. The zero-order valence-electron chi connectivity index (χ0n) is 23.9. The largest absolute Gasteiger partial charge is 0.325 e. The molecular formula is C35H33N5O3. The van der Waals surface area contributed by atoms with Crippen molar-refractivity contribution >= 4 is 29.2 Å². The molecule has 0 saturated carbocycles. The summed E-state index contributed by atoms with van der Waals surface area (Å²) in [6.45, 7) is 3.25. The van der Waals surface area contributed by atoms with Crippen LogP contribution in [0.5, 0.6) is 0 Å². The number of hydrogen-bond donors (Lipinski definition) is 2. The van der Waals surface area contributed by atoms with E-state index in [1.807, 2.05) is 66.7 Å². The zero-order valence-corrected chi connectivity index (χ0v) is 23.9. The van der Waals surface area contributed by atoms with E-state index < -0.39 is 5.41 Å². The van der Waals surface area contributed by atoms with Gasteiger partial charge in [0, 0.05) is 36.1 Å². The Hall–Kier alpha value is -4.82. The van der Waals surface area contributed by atoms with Crippen molar-refractivity contribution in [2.75, 3.05) is 30.3 Å². The van der Waals surface area contributed by atoms with Gasteiger partial charge in [-0.2, -0.15) is 0 Å². The Morgan fingerprint density at radius 2 is 1.67 bits per heavy atom. The number of rotatable bonds is 8. The van der Waals surface area contributed by atoms with Gasteiger partial charge in [-0.05, 0) is 84.9 Å². The highest BCUT2D eigenvalue weighted by atomic mass is 16.2. The highest BCUT2D eigenvalue weighted by Gasteiger charge is 2.51. The third-order valence-electron chi connectivity index (χ3n) is 8.93. The van der Waals surface area contributed by atoms with Gasteiger partial charge in [-0.3, -0.25) is 19.3 Å². The van der Waals surface area contributed by atoms with Crippen LogP contribution in [0.3, 0.4) is 0 Å². The van der Waals surface area contributed by atoms with Gasteiger partial charge in [0.1, 0.15) is 12.4 Å². The van der Waals surface area contributed by atoms with Crippen molar-refractivity contribution in [2.24, 2.45) is 0 Å². The second kappa shape index (κ2) is 11.1. The number of hydrogen-bond acceptors (Lipinski definition) is 5. The van der Waals surface area contributed by atoms with E-state index in [2.05, 4.69) is 26.6 Å². The Balaban J connectivity index is 1.09. The Morgan fingerprint density at radius 3 is 2.47 bits per heavy atom. The number of amides is 3. The molecule has 43 heavy (non-hydrogen) atoms. The molecule has 3 amide bonds. The lowest BCUT2D eigenvalue weighted by Crippen LogP contribution is -2.39. The number of carbonyl (C=O) groups is 3. The molecule has 3 heterocycles. The van der Waals surface area contributed by atoms with Crippen molar-refractivity contribution in [3.8, 4) is 0 Å². The van der Waals surface area contributed by atoms with E-state index >= 15 is 0 Å². The lowest BCUT2D eigenvalue weighted by molar-refractivity contribution is -0.120. The number of aromatic nitrogens is 1. The lowest BCUT2D eigenvalue weighted by atomic mass is 9.79. The summed E-state index contributed by atoms with van der Waals surface area (Å²) < 4.78 is 0. The Kier molecular flexibility index (Phi) is 6.99. The monoisotopic (exact) mass is 571 g/mol. The van der Waals surface area contributed by atoms with Crippen molar-refractivity contribution in [3.63, 3.8) is 0 Å². The first-order valence-electron chi connectivity index (χ1n) is 14.8. The maximum Gasteiger partial charge on any atom is 0.254 e. The molecule has 216 valence electrons. The number of nitrogens with zero attached hydrogens (tertiary/aromatic N) is 3. The maximum absolute atomic E-state index is 13.7. The molecule has 1 saturated heterocycles. The van der Waals surface area contributed by atoms with Crippen LogP contribution in [-0.4, -0.2) is 52.1 Å². The molecule has 1 fully saturated rings. The van der Waals surface area contributed by atoms with Crippen LogP contribution in [0.4, 0.5) is 11.5 Å². The number of carbonyl (C=O) groups excluding carboxylic acids is 3. The van der Waals surface area contributed by atoms with E-state index in [4.69, 9.17) is 0 Å². The summed E-state index contributed by atoms with van der Waals surface area (Å²) in [4.78, 5) is 48.5. The standard InChI is InChI=1S/C35H33N5O3/c41-31(37-29-14-13-25-19-35(20-28(25)18-29)30-12-6-15-36-32(30)38-34(35)43)23-40(33(42)24-8-2-1-3-9-24)22-27-11-5-4-10-26(27)21-39-16-7-17-39/h1-6,8-15,18H,7,16-17,19-23H2,(H,37,41)(H,36,38,43). The fourth-order valence-electron chi connectivity index (χ4n) is 6.53. The Bertz CT molecular complexity index is 1720. The van der Waals surface area contributed by atoms with Crippen LogP contribution in [0.2, 0.25) is 0 Å². The van der Waals surface area contributed by atoms with E-state index in [0.717, 1.165) is 41.9 Å². The summed E-state index contributed by atoms with van der Waals surface area (Å²) in [6, 6.07) is 26.9. The molecule has 1 aromatic heterocycles. The molecule has 1 atom stereocenters. The maximum atomic E-state index is 13.7. The molecule has 3 aliphatic rings. The van der Waals surface area contributed by atoms with Crippen molar-refractivity contribution < 1.29 is 14.4 Å². The first-order chi connectivity index (χ1) is 21.0. The number of benzene rings is 3. The van der Waals surface area contributed by atoms with Gasteiger partial charge in [0.05, 0.1) is 5.41 Å². The van der Waals surface area contributed by atoms with Crippen LogP contribution >= 0.6 is 0 Å². The minimum Gasteiger partial charge on any atom is -0.325 e. The minimum atomic E-state index is -0.670. The summed E-state index contributed by atoms with van der Waals surface area (Å²) in [6.07, 6.45) is 4.03. The number of pyridine rings is 1. The Morgan fingerprint density at radius 1 is 0.907 bits per heavy atom. The number of likely N-dealkylation sites (tertiary alicyclic amines) is 1. The van der Waals surface area contributed by atoms with Gasteiger partial charge in [-0.1, -0.05) is 54.6 Å². The molecule has 7 rings (SSSR count). The first-order valence-corrected chi connectivity index (χ1v) is 14.8. The first kappa shape index (κ1) is 27.0. The third kappa shape index (κ3) is 5.19. The topological polar surface area (TPSA) is 94.6 Å². The SMILES string of the molecule is O=C(CN(Cc1ccccc1CN1CCC1)C(=O)c1ccccc1)Nc1ccc2c(c1)CC1(C2)C(=O)Nc2ncccc21. The van der Waals surface area contributed by atoms with Crippen molar-refractivity contribution in [1.29, 1.82) is 0 Å². The molecule has 8 nitrogen and oxygen atoms in total. The van der Waals surface area contributed by atoms with Gasteiger partial charge in [-0.15, -0.1) is 0 Å². The molecule has 2 aliphatic heterocycles. The van der Waals surface area contributed by atoms with Crippen molar-refractivity contribution in [2.45, 2.75) is 37.8 Å². The van der Waals surface area contributed by atoms with Gasteiger partial charge in [0.25, 0.3) is 5.91 Å². The molecule has 1 aliphatic carbocycles. The smallest absolute Gasteiger partial charge is 0.254 e. The molecule has 4 aromatic rings. The number of nitrogens with one attached hydrogen (secondary N) is 2. The van der Waals surface area contributed by atoms with Gasteiger partial charge in [0.15, 0.2) is 0 Å². The average molecular weight is 572 g/mol. The van der Waals surface area contributed by atoms with E-state index in [1.165, 1.54) is 12.0 Å².